The van der Waals surface area contributed by atoms with Gasteiger partial charge in [-0.2, -0.15) is 0 Å². The predicted molar refractivity (Wildman–Crippen MR) is 88.7 cm³/mol. The maximum atomic E-state index is 5.77. The van der Waals surface area contributed by atoms with Gasteiger partial charge in [0.25, 0.3) is 0 Å². The van der Waals surface area contributed by atoms with Gasteiger partial charge in [0.1, 0.15) is 0 Å². The third-order valence-corrected chi connectivity index (χ3v) is 6.26. The molecule has 0 saturated carbocycles. The minimum absolute atomic E-state index is 0.179. The van der Waals surface area contributed by atoms with Crippen LogP contribution < -0.4 is 0 Å². The van der Waals surface area contributed by atoms with Gasteiger partial charge in [0.2, 0.25) is 0 Å². The molecule has 1 aromatic carbocycles. The Hall–Kier alpha value is 0.140. The van der Waals surface area contributed by atoms with E-state index in [2.05, 4.69) is 63.0 Å². The van der Waals surface area contributed by atoms with Crippen LogP contribution in [-0.2, 0) is 10.2 Å². The Morgan fingerprint density at radius 2 is 2.11 bits per heavy atom. The molecule has 1 aromatic rings. The van der Waals surface area contributed by atoms with Crippen LogP contribution in [0.3, 0.4) is 0 Å². The van der Waals surface area contributed by atoms with E-state index < -0.39 is 0 Å². The molecule has 1 saturated heterocycles. The molecule has 1 aliphatic heterocycles. The van der Waals surface area contributed by atoms with Crippen molar-refractivity contribution in [2.24, 2.45) is 0 Å². The van der Waals surface area contributed by atoms with Gasteiger partial charge in [-0.25, -0.2) is 0 Å². The number of alkyl halides is 2. The quantitative estimate of drug-likeness (QED) is 0.623. The van der Waals surface area contributed by atoms with Gasteiger partial charge in [0.05, 0.1) is 6.10 Å². The molecule has 0 bridgehead atoms. The number of aryl methyl sites for hydroxylation is 1. The lowest BCUT2D eigenvalue weighted by Crippen LogP contribution is -2.31. The Labute approximate surface area is 133 Å². The van der Waals surface area contributed by atoms with Crippen LogP contribution in [0.5, 0.6) is 0 Å². The monoisotopic (exact) mass is 388 g/mol. The Bertz CT molecular complexity index is 395. The molecule has 3 heteroatoms. The summed E-state index contributed by atoms with van der Waals surface area (Å²) in [5, 5.41) is 1.98. The average Bonchev–Trinajstić information content (AvgIpc) is 2.94. The van der Waals surface area contributed by atoms with Gasteiger partial charge < -0.3 is 4.74 Å². The molecule has 106 valence electrons. The van der Waals surface area contributed by atoms with Crippen LogP contribution >= 0.6 is 31.9 Å². The van der Waals surface area contributed by atoms with E-state index in [9.17, 15) is 0 Å². The number of benzene rings is 1. The minimum Gasteiger partial charge on any atom is -0.378 e. The largest absolute Gasteiger partial charge is 0.378 e. The SMILES string of the molecule is Cc1cccc(C(CBr)(CBr)CCC2CCCO2)c1. The number of ether oxygens (including phenoxy) is 1. The van der Waals surface area contributed by atoms with E-state index in [4.69, 9.17) is 4.74 Å². The summed E-state index contributed by atoms with van der Waals surface area (Å²) in [5.74, 6) is 0. The highest BCUT2D eigenvalue weighted by Gasteiger charge is 2.31. The molecule has 2 rings (SSSR count). The van der Waals surface area contributed by atoms with E-state index in [1.54, 1.807) is 0 Å². The van der Waals surface area contributed by atoms with Crippen LogP contribution in [0, 0.1) is 6.92 Å². The highest BCUT2D eigenvalue weighted by molar-refractivity contribution is 9.09. The van der Waals surface area contributed by atoms with Crippen molar-refractivity contribution in [1.82, 2.24) is 0 Å². The lowest BCUT2D eigenvalue weighted by Gasteiger charge is -2.32. The first-order valence-corrected chi connectivity index (χ1v) is 9.25. The van der Waals surface area contributed by atoms with Crippen molar-refractivity contribution in [3.05, 3.63) is 35.4 Å². The summed E-state index contributed by atoms with van der Waals surface area (Å²) >= 11 is 7.47. The summed E-state index contributed by atoms with van der Waals surface area (Å²) in [6.45, 7) is 3.11. The number of hydrogen-bond acceptors (Lipinski definition) is 1. The van der Waals surface area contributed by atoms with E-state index in [1.165, 1.54) is 24.0 Å². The lowest BCUT2D eigenvalue weighted by molar-refractivity contribution is 0.0979. The molecule has 0 N–H and O–H groups in total. The zero-order chi connectivity index (χ0) is 13.7. The maximum Gasteiger partial charge on any atom is 0.0576 e. The molecular weight excluding hydrogens is 368 g/mol. The smallest absolute Gasteiger partial charge is 0.0576 e. The van der Waals surface area contributed by atoms with E-state index in [1.807, 2.05) is 0 Å². The van der Waals surface area contributed by atoms with Gasteiger partial charge in [-0.15, -0.1) is 0 Å². The molecule has 0 amide bonds. The van der Waals surface area contributed by atoms with Crippen LogP contribution in [0.1, 0.15) is 36.8 Å². The van der Waals surface area contributed by atoms with Crippen molar-refractivity contribution in [2.45, 2.75) is 44.1 Å². The van der Waals surface area contributed by atoms with Crippen molar-refractivity contribution >= 4 is 31.9 Å². The third kappa shape index (κ3) is 3.83. The predicted octanol–water partition coefficient (Wildman–Crippen LogP) is 4.98. The normalized spacial score (nSPS) is 19.8. The van der Waals surface area contributed by atoms with Gasteiger partial charge in [-0.3, -0.25) is 0 Å². The Balaban J connectivity index is 2.11. The van der Waals surface area contributed by atoms with Gasteiger partial charge >= 0.3 is 0 Å². The molecule has 1 heterocycles. The fourth-order valence-corrected chi connectivity index (χ4v) is 4.89. The van der Waals surface area contributed by atoms with Crippen molar-refractivity contribution in [3.63, 3.8) is 0 Å². The van der Waals surface area contributed by atoms with E-state index in [0.717, 1.165) is 30.1 Å². The Kier molecular flexibility index (Phi) is 5.91. The van der Waals surface area contributed by atoms with Gasteiger partial charge in [-0.05, 0) is 38.2 Å². The third-order valence-electron chi connectivity index (χ3n) is 4.11. The highest BCUT2D eigenvalue weighted by atomic mass is 79.9. The number of halogens is 2. The standard InChI is InChI=1S/C16H22Br2O/c1-13-4-2-5-14(10-13)16(11-17,12-18)8-7-15-6-3-9-19-15/h2,4-5,10,15H,3,6-9,11-12H2,1H3. The van der Waals surface area contributed by atoms with Crippen LogP contribution in [0.2, 0.25) is 0 Å². The van der Waals surface area contributed by atoms with Crippen LogP contribution in [0.25, 0.3) is 0 Å². The molecule has 0 spiro atoms. The zero-order valence-corrected chi connectivity index (χ0v) is 14.7. The molecule has 0 aromatic heterocycles. The van der Waals surface area contributed by atoms with Crippen molar-refractivity contribution in [1.29, 1.82) is 0 Å². The van der Waals surface area contributed by atoms with E-state index >= 15 is 0 Å². The summed E-state index contributed by atoms with van der Waals surface area (Å²) in [6, 6.07) is 8.90. The molecule has 19 heavy (non-hydrogen) atoms. The Morgan fingerprint density at radius 1 is 1.32 bits per heavy atom. The van der Waals surface area contributed by atoms with Crippen molar-refractivity contribution in [2.75, 3.05) is 17.3 Å². The summed E-state index contributed by atoms with van der Waals surface area (Å²) < 4.78 is 5.77. The maximum absolute atomic E-state index is 5.77. The number of rotatable bonds is 6. The summed E-state index contributed by atoms with van der Waals surface area (Å²) in [5.41, 5.74) is 2.94. The van der Waals surface area contributed by atoms with Crippen LogP contribution in [0.4, 0.5) is 0 Å². The van der Waals surface area contributed by atoms with Crippen LogP contribution in [-0.4, -0.2) is 23.4 Å². The summed E-state index contributed by atoms with van der Waals surface area (Å²) in [7, 11) is 0. The molecule has 1 fully saturated rings. The van der Waals surface area contributed by atoms with Crippen molar-refractivity contribution < 1.29 is 4.74 Å². The number of hydrogen-bond donors (Lipinski definition) is 0. The molecule has 0 radical (unpaired) electrons. The molecule has 1 unspecified atom stereocenters. The van der Waals surface area contributed by atoms with Gasteiger partial charge in [0, 0.05) is 22.7 Å². The fraction of sp³-hybridized carbons (Fsp3) is 0.625. The lowest BCUT2D eigenvalue weighted by atomic mass is 9.79. The first-order valence-electron chi connectivity index (χ1n) is 7.01. The second kappa shape index (κ2) is 7.24. The van der Waals surface area contributed by atoms with E-state index in [-0.39, 0.29) is 5.41 Å². The fourth-order valence-electron chi connectivity index (χ4n) is 2.75. The zero-order valence-electron chi connectivity index (χ0n) is 11.5. The first-order chi connectivity index (χ1) is 9.20. The van der Waals surface area contributed by atoms with Crippen LogP contribution in [0.15, 0.2) is 24.3 Å². The second-order valence-electron chi connectivity index (χ2n) is 5.59. The first kappa shape index (κ1) is 15.5. The Morgan fingerprint density at radius 3 is 2.68 bits per heavy atom. The molecular formula is C16H22Br2O. The molecule has 1 aliphatic rings. The summed E-state index contributed by atoms with van der Waals surface area (Å²) in [6.07, 6.45) is 5.25. The molecule has 0 aliphatic carbocycles. The molecule has 1 atom stereocenters. The second-order valence-corrected chi connectivity index (χ2v) is 6.71. The average molecular weight is 390 g/mol. The molecule has 1 nitrogen and oxygen atoms in total. The summed E-state index contributed by atoms with van der Waals surface area (Å²) in [4.78, 5) is 0. The highest BCUT2D eigenvalue weighted by Crippen LogP contribution is 2.35. The van der Waals surface area contributed by atoms with Gasteiger partial charge in [0.15, 0.2) is 0 Å². The minimum atomic E-state index is 0.179. The van der Waals surface area contributed by atoms with Crippen molar-refractivity contribution in [3.8, 4) is 0 Å². The topological polar surface area (TPSA) is 9.23 Å². The van der Waals surface area contributed by atoms with E-state index in [0.29, 0.717) is 6.10 Å². The van der Waals surface area contributed by atoms with Gasteiger partial charge in [-0.1, -0.05) is 61.7 Å².